The Bertz CT molecular complexity index is 1040. The highest BCUT2D eigenvalue weighted by atomic mass is 79.9. The van der Waals surface area contributed by atoms with Crippen molar-refractivity contribution in [3.63, 3.8) is 0 Å². The minimum absolute atomic E-state index is 0.197. The van der Waals surface area contributed by atoms with Gasteiger partial charge in [-0.3, -0.25) is 0 Å². The number of rotatable bonds is 4. The number of nitrogens with one attached hydrogen (secondary N) is 1. The molecule has 1 aromatic heterocycles. The van der Waals surface area contributed by atoms with Gasteiger partial charge in [-0.15, -0.1) is 11.8 Å². The molecule has 0 radical (unpaired) electrons. The van der Waals surface area contributed by atoms with E-state index < -0.39 is 5.82 Å². The third kappa shape index (κ3) is 2.99. The molecule has 2 aromatic carbocycles. The number of pyridine rings is 1. The summed E-state index contributed by atoms with van der Waals surface area (Å²) in [4.78, 5) is 4.16. The van der Waals surface area contributed by atoms with Crippen molar-refractivity contribution < 1.29 is 19.0 Å². The number of aromatic nitrogens is 1. The van der Waals surface area contributed by atoms with E-state index in [1.165, 1.54) is 23.9 Å². The fraction of sp³-hybridized carbons (Fsp3) is 0.111. The maximum absolute atomic E-state index is 13.7. The minimum Gasteiger partial charge on any atom is -0.493 e. The van der Waals surface area contributed by atoms with Gasteiger partial charge in [0.25, 0.3) is 0 Å². The molecule has 8 heteroatoms. The molecule has 0 atom stereocenters. The zero-order valence-corrected chi connectivity index (χ0v) is 15.7. The highest BCUT2D eigenvalue weighted by Crippen LogP contribution is 2.40. The van der Waals surface area contributed by atoms with Crippen LogP contribution in [0.25, 0.3) is 10.8 Å². The first-order chi connectivity index (χ1) is 12.6. The first-order valence-electron chi connectivity index (χ1n) is 7.60. The molecule has 0 saturated heterocycles. The van der Waals surface area contributed by atoms with Crippen LogP contribution in [0.4, 0.5) is 4.39 Å². The van der Waals surface area contributed by atoms with E-state index >= 15 is 0 Å². The topological polar surface area (TPSA) is 75.4 Å². The molecule has 2 heterocycles. The number of thioether (sulfide) groups is 1. The summed E-state index contributed by atoms with van der Waals surface area (Å²) in [5.74, 6) is 1.25. The van der Waals surface area contributed by atoms with Gasteiger partial charge in [0.15, 0.2) is 11.5 Å². The summed E-state index contributed by atoms with van der Waals surface area (Å²) in [7, 11) is 0. The summed E-state index contributed by atoms with van der Waals surface area (Å²) in [6.07, 6.45) is 1.02. The van der Waals surface area contributed by atoms with E-state index in [1.54, 1.807) is 6.07 Å². The van der Waals surface area contributed by atoms with E-state index in [1.807, 2.05) is 12.1 Å². The largest absolute Gasteiger partial charge is 0.493 e. The maximum atomic E-state index is 13.7. The van der Waals surface area contributed by atoms with Crippen LogP contribution in [0.3, 0.4) is 0 Å². The van der Waals surface area contributed by atoms with Crippen molar-refractivity contribution in [1.29, 1.82) is 5.41 Å². The van der Waals surface area contributed by atoms with Crippen LogP contribution in [-0.4, -0.2) is 23.1 Å². The molecule has 2 N–H and O–H groups in total. The quantitative estimate of drug-likeness (QED) is 0.452. The van der Waals surface area contributed by atoms with Gasteiger partial charge < -0.3 is 20.0 Å². The summed E-state index contributed by atoms with van der Waals surface area (Å²) in [5, 5.41) is 19.2. The summed E-state index contributed by atoms with van der Waals surface area (Å²) in [6, 6.07) is 7.95. The van der Waals surface area contributed by atoms with Crippen LogP contribution < -0.4 is 9.47 Å². The van der Waals surface area contributed by atoms with Crippen LogP contribution in [0.2, 0.25) is 0 Å². The molecule has 26 heavy (non-hydrogen) atoms. The molecule has 0 unspecified atom stereocenters. The fourth-order valence-electron chi connectivity index (χ4n) is 2.73. The van der Waals surface area contributed by atoms with Crippen molar-refractivity contribution in [2.24, 2.45) is 0 Å². The van der Waals surface area contributed by atoms with Crippen LogP contribution in [0.15, 0.2) is 39.8 Å². The van der Waals surface area contributed by atoms with Gasteiger partial charge in [-0.25, -0.2) is 9.37 Å². The van der Waals surface area contributed by atoms with Crippen molar-refractivity contribution in [1.82, 2.24) is 4.98 Å². The van der Waals surface area contributed by atoms with Crippen molar-refractivity contribution in [2.45, 2.75) is 10.8 Å². The predicted molar refractivity (Wildman–Crippen MR) is 101 cm³/mol. The highest BCUT2D eigenvalue weighted by molar-refractivity contribution is 9.10. The number of nitrogens with zero attached hydrogens (tertiary/aromatic N) is 1. The van der Waals surface area contributed by atoms with Gasteiger partial charge in [-0.2, -0.15) is 0 Å². The number of hydrogen-bond acceptors (Lipinski definition) is 6. The SMILES string of the molecule is N=Cc1c(O)nc(SCc2cc3c(cc2Br)OCO3)c2cc(F)ccc12. The van der Waals surface area contributed by atoms with E-state index in [9.17, 15) is 9.50 Å². The van der Waals surface area contributed by atoms with Crippen LogP contribution in [-0.2, 0) is 5.75 Å². The van der Waals surface area contributed by atoms with Gasteiger partial charge in [-0.05, 0) is 35.2 Å². The van der Waals surface area contributed by atoms with Gasteiger partial charge >= 0.3 is 0 Å². The number of hydrogen-bond donors (Lipinski definition) is 2. The van der Waals surface area contributed by atoms with E-state index in [2.05, 4.69) is 20.9 Å². The van der Waals surface area contributed by atoms with E-state index in [0.29, 0.717) is 33.1 Å². The molecular formula is C18H12BrFN2O3S. The lowest BCUT2D eigenvalue weighted by atomic mass is 10.1. The molecule has 132 valence electrons. The zero-order chi connectivity index (χ0) is 18.3. The van der Waals surface area contributed by atoms with Crippen LogP contribution in [0.5, 0.6) is 17.4 Å². The third-order valence-corrected chi connectivity index (χ3v) is 5.78. The second kappa shape index (κ2) is 6.77. The van der Waals surface area contributed by atoms with E-state index in [4.69, 9.17) is 14.9 Å². The van der Waals surface area contributed by atoms with Crippen molar-refractivity contribution in [3.05, 3.63) is 51.7 Å². The van der Waals surface area contributed by atoms with Crippen molar-refractivity contribution >= 4 is 44.7 Å². The highest BCUT2D eigenvalue weighted by Gasteiger charge is 2.18. The number of benzene rings is 2. The summed E-state index contributed by atoms with van der Waals surface area (Å²) < 4.78 is 25.3. The average Bonchev–Trinajstić information content (AvgIpc) is 3.07. The van der Waals surface area contributed by atoms with E-state index in [0.717, 1.165) is 16.3 Å². The molecule has 1 aliphatic heterocycles. The normalized spacial score (nSPS) is 12.5. The minimum atomic E-state index is -0.396. The Morgan fingerprint density at radius 1 is 1.23 bits per heavy atom. The van der Waals surface area contributed by atoms with Gasteiger partial charge in [0.1, 0.15) is 10.8 Å². The molecule has 0 fully saturated rings. The lowest BCUT2D eigenvalue weighted by Gasteiger charge is -2.11. The summed E-state index contributed by atoms with van der Waals surface area (Å²) in [5.41, 5.74) is 1.23. The Morgan fingerprint density at radius 3 is 2.77 bits per heavy atom. The van der Waals surface area contributed by atoms with Crippen molar-refractivity contribution in [2.75, 3.05) is 6.79 Å². The summed E-state index contributed by atoms with van der Waals surface area (Å²) >= 11 is 4.88. The Hall–Kier alpha value is -2.32. The lowest BCUT2D eigenvalue weighted by molar-refractivity contribution is 0.174. The Morgan fingerprint density at radius 2 is 2.00 bits per heavy atom. The van der Waals surface area contributed by atoms with Gasteiger partial charge in [0.05, 0.1) is 5.56 Å². The van der Waals surface area contributed by atoms with E-state index in [-0.39, 0.29) is 18.2 Å². The average molecular weight is 435 g/mol. The lowest BCUT2D eigenvalue weighted by Crippen LogP contribution is -1.94. The van der Waals surface area contributed by atoms with Gasteiger partial charge in [0.2, 0.25) is 12.7 Å². The molecule has 4 rings (SSSR count). The number of aromatic hydroxyl groups is 1. The zero-order valence-electron chi connectivity index (χ0n) is 13.3. The van der Waals surface area contributed by atoms with Crippen LogP contribution >= 0.6 is 27.7 Å². The molecule has 0 aliphatic carbocycles. The predicted octanol–water partition coefficient (Wildman–Crippen LogP) is 4.86. The maximum Gasteiger partial charge on any atom is 0.231 e. The standard InChI is InChI=1S/C18H12BrFN2O3S/c19-14-5-16-15(24-8-25-16)3-9(14)7-26-18-12-4-10(20)1-2-11(12)13(6-21)17(23)22-18/h1-6,21H,7-8H2,(H,22,23). The molecule has 1 aliphatic rings. The monoisotopic (exact) mass is 434 g/mol. The Kier molecular flexibility index (Phi) is 4.46. The second-order valence-electron chi connectivity index (χ2n) is 5.57. The molecule has 0 amide bonds. The Balaban J connectivity index is 1.72. The molecule has 5 nitrogen and oxygen atoms in total. The third-order valence-electron chi connectivity index (χ3n) is 4.00. The van der Waals surface area contributed by atoms with Crippen LogP contribution in [0.1, 0.15) is 11.1 Å². The molecule has 3 aromatic rings. The smallest absolute Gasteiger partial charge is 0.231 e. The fourth-order valence-corrected chi connectivity index (χ4v) is 4.39. The van der Waals surface area contributed by atoms with Gasteiger partial charge in [0, 0.05) is 21.8 Å². The van der Waals surface area contributed by atoms with Crippen LogP contribution in [0, 0.1) is 11.2 Å². The molecule has 0 bridgehead atoms. The first kappa shape index (κ1) is 17.1. The molecule has 0 saturated carbocycles. The summed E-state index contributed by atoms with van der Waals surface area (Å²) in [6.45, 7) is 0.197. The second-order valence-corrected chi connectivity index (χ2v) is 7.39. The Labute approximate surface area is 160 Å². The number of halogens is 2. The van der Waals surface area contributed by atoms with Crippen molar-refractivity contribution in [3.8, 4) is 17.4 Å². The number of fused-ring (bicyclic) bond motifs is 2. The van der Waals surface area contributed by atoms with Gasteiger partial charge in [-0.1, -0.05) is 22.0 Å². The first-order valence-corrected chi connectivity index (χ1v) is 9.38. The molecule has 0 spiro atoms. The number of ether oxygens (including phenoxy) is 2. The molecular weight excluding hydrogens is 423 g/mol.